The van der Waals surface area contributed by atoms with Crippen molar-refractivity contribution in [1.29, 1.82) is 0 Å². The maximum absolute atomic E-state index is 11.0. The Morgan fingerprint density at radius 1 is 1.27 bits per heavy atom. The van der Waals surface area contributed by atoms with Crippen molar-refractivity contribution in [2.75, 3.05) is 6.61 Å². The van der Waals surface area contributed by atoms with E-state index in [0.29, 0.717) is 18.9 Å². The van der Waals surface area contributed by atoms with Crippen molar-refractivity contribution in [3.63, 3.8) is 0 Å². The molecule has 0 radical (unpaired) electrons. The van der Waals surface area contributed by atoms with Gasteiger partial charge in [0.1, 0.15) is 11.5 Å². The van der Waals surface area contributed by atoms with E-state index in [4.69, 9.17) is 14.3 Å². The zero-order chi connectivity index (χ0) is 21.1. The average molecular weight is 405 g/mol. The minimum absolute atomic E-state index is 0.119. The highest BCUT2D eigenvalue weighted by Gasteiger charge is 2.25. The van der Waals surface area contributed by atoms with Gasteiger partial charge in [0.25, 0.3) is 0 Å². The largest absolute Gasteiger partial charge is 0.493 e. The van der Waals surface area contributed by atoms with Gasteiger partial charge in [-0.15, -0.1) is 0 Å². The predicted octanol–water partition coefficient (Wildman–Crippen LogP) is 5.34. The number of nitrogens with zero attached hydrogens (tertiary/aromatic N) is 1. The molecule has 0 saturated carbocycles. The SMILES string of the molecule is CCc1cccc(-c2nc(CCOc3ccc4c(c3)CC[C@H]4CC(=O)O)c(C)o2)c1. The molecule has 30 heavy (non-hydrogen) atoms. The third kappa shape index (κ3) is 4.40. The van der Waals surface area contributed by atoms with Gasteiger partial charge in [-0.25, -0.2) is 4.98 Å². The maximum atomic E-state index is 11.0. The van der Waals surface area contributed by atoms with Gasteiger partial charge in [0.2, 0.25) is 5.89 Å². The van der Waals surface area contributed by atoms with Crippen LogP contribution in [0.2, 0.25) is 0 Å². The zero-order valence-electron chi connectivity index (χ0n) is 17.5. The van der Waals surface area contributed by atoms with Crippen LogP contribution < -0.4 is 4.74 Å². The first-order chi connectivity index (χ1) is 14.5. The Balaban J connectivity index is 1.38. The number of benzene rings is 2. The van der Waals surface area contributed by atoms with E-state index in [-0.39, 0.29) is 12.3 Å². The van der Waals surface area contributed by atoms with E-state index in [0.717, 1.165) is 47.6 Å². The first-order valence-corrected chi connectivity index (χ1v) is 10.6. The minimum atomic E-state index is -0.739. The maximum Gasteiger partial charge on any atom is 0.303 e. The van der Waals surface area contributed by atoms with Crippen molar-refractivity contribution in [3.05, 3.63) is 70.6 Å². The summed E-state index contributed by atoms with van der Waals surface area (Å²) in [5.41, 5.74) is 5.52. The highest BCUT2D eigenvalue weighted by atomic mass is 16.5. The molecular weight excluding hydrogens is 378 g/mol. The molecule has 2 aromatic carbocycles. The van der Waals surface area contributed by atoms with Crippen LogP contribution in [-0.2, 0) is 24.1 Å². The van der Waals surface area contributed by atoms with E-state index < -0.39 is 5.97 Å². The summed E-state index contributed by atoms with van der Waals surface area (Å²) in [4.78, 5) is 15.7. The molecule has 5 heteroatoms. The average Bonchev–Trinajstić information content (AvgIpc) is 3.31. The molecule has 5 nitrogen and oxygen atoms in total. The van der Waals surface area contributed by atoms with Gasteiger partial charge in [-0.1, -0.05) is 25.1 Å². The Morgan fingerprint density at radius 3 is 2.93 bits per heavy atom. The molecule has 1 aliphatic carbocycles. The lowest BCUT2D eigenvalue weighted by molar-refractivity contribution is -0.137. The summed E-state index contributed by atoms with van der Waals surface area (Å²) in [5.74, 6) is 1.67. The fourth-order valence-corrected chi connectivity index (χ4v) is 4.17. The molecule has 156 valence electrons. The highest BCUT2D eigenvalue weighted by molar-refractivity contribution is 5.68. The van der Waals surface area contributed by atoms with Crippen LogP contribution in [0, 0.1) is 6.92 Å². The number of ether oxygens (including phenoxy) is 1. The second-order valence-corrected chi connectivity index (χ2v) is 7.87. The van der Waals surface area contributed by atoms with Crippen LogP contribution in [0.25, 0.3) is 11.5 Å². The molecule has 1 aromatic heterocycles. The fourth-order valence-electron chi connectivity index (χ4n) is 4.17. The predicted molar refractivity (Wildman–Crippen MR) is 115 cm³/mol. The van der Waals surface area contributed by atoms with Crippen LogP contribution in [0.5, 0.6) is 5.75 Å². The summed E-state index contributed by atoms with van der Waals surface area (Å²) >= 11 is 0. The van der Waals surface area contributed by atoms with Crippen LogP contribution in [0.1, 0.15) is 53.8 Å². The molecule has 1 heterocycles. The summed E-state index contributed by atoms with van der Waals surface area (Å²) in [5, 5.41) is 9.06. The Kier molecular flexibility index (Phi) is 5.88. The van der Waals surface area contributed by atoms with Crippen LogP contribution >= 0.6 is 0 Å². The number of aryl methyl sites for hydroxylation is 3. The van der Waals surface area contributed by atoms with Gasteiger partial charge < -0.3 is 14.3 Å². The Morgan fingerprint density at radius 2 is 2.13 bits per heavy atom. The summed E-state index contributed by atoms with van der Waals surface area (Å²) in [6, 6.07) is 14.3. The van der Waals surface area contributed by atoms with Crippen molar-refractivity contribution in [3.8, 4) is 17.2 Å². The molecule has 1 N–H and O–H groups in total. The van der Waals surface area contributed by atoms with Gasteiger partial charge in [0.15, 0.2) is 0 Å². The number of hydrogen-bond donors (Lipinski definition) is 1. The smallest absolute Gasteiger partial charge is 0.303 e. The summed E-state index contributed by atoms with van der Waals surface area (Å²) in [6.07, 6.45) is 3.65. The normalized spacial score (nSPS) is 15.2. The van der Waals surface area contributed by atoms with Gasteiger partial charge in [-0.05, 0) is 73.1 Å². The third-order valence-electron chi connectivity index (χ3n) is 5.82. The number of rotatable bonds is 8. The molecular formula is C25H27NO4. The van der Waals surface area contributed by atoms with Gasteiger partial charge in [0.05, 0.1) is 18.7 Å². The lowest BCUT2D eigenvalue weighted by Gasteiger charge is -2.10. The topological polar surface area (TPSA) is 72.6 Å². The molecule has 1 atom stereocenters. The van der Waals surface area contributed by atoms with Crippen molar-refractivity contribution in [2.24, 2.45) is 0 Å². The van der Waals surface area contributed by atoms with Gasteiger partial charge in [-0.2, -0.15) is 0 Å². The van der Waals surface area contributed by atoms with Crippen LogP contribution in [0.3, 0.4) is 0 Å². The monoisotopic (exact) mass is 405 g/mol. The first kappa shape index (κ1) is 20.2. The molecule has 0 aliphatic heterocycles. The number of carboxylic acids is 1. The summed E-state index contributed by atoms with van der Waals surface area (Å²) in [6.45, 7) is 4.58. The Hall–Kier alpha value is -3.08. The molecule has 0 amide bonds. The third-order valence-corrected chi connectivity index (χ3v) is 5.82. The van der Waals surface area contributed by atoms with Gasteiger partial charge >= 0.3 is 5.97 Å². The summed E-state index contributed by atoms with van der Waals surface area (Å²) in [7, 11) is 0. The number of aromatic nitrogens is 1. The van der Waals surface area contributed by atoms with E-state index in [1.807, 2.05) is 31.2 Å². The van der Waals surface area contributed by atoms with Gasteiger partial charge in [0, 0.05) is 12.0 Å². The van der Waals surface area contributed by atoms with Crippen LogP contribution in [0.4, 0.5) is 0 Å². The molecule has 4 rings (SSSR count). The molecule has 3 aromatic rings. The summed E-state index contributed by atoms with van der Waals surface area (Å²) < 4.78 is 11.9. The van der Waals surface area contributed by atoms with Crippen molar-refractivity contribution in [1.82, 2.24) is 4.98 Å². The quantitative estimate of drug-likeness (QED) is 0.548. The fraction of sp³-hybridized carbons (Fsp3) is 0.360. The molecule has 0 saturated heterocycles. The van der Waals surface area contributed by atoms with Gasteiger partial charge in [-0.3, -0.25) is 4.79 Å². The lowest BCUT2D eigenvalue weighted by Crippen LogP contribution is -2.04. The van der Waals surface area contributed by atoms with Crippen LogP contribution in [0.15, 0.2) is 46.9 Å². The minimum Gasteiger partial charge on any atom is -0.493 e. The zero-order valence-corrected chi connectivity index (χ0v) is 17.5. The number of aliphatic carboxylic acids is 1. The number of fused-ring (bicyclic) bond motifs is 1. The number of oxazole rings is 1. The van der Waals surface area contributed by atoms with E-state index >= 15 is 0 Å². The molecule has 0 fully saturated rings. The highest BCUT2D eigenvalue weighted by Crippen LogP contribution is 2.37. The van der Waals surface area contributed by atoms with E-state index in [9.17, 15) is 4.79 Å². The number of carboxylic acid groups (broad SMARTS) is 1. The first-order valence-electron chi connectivity index (χ1n) is 10.6. The van der Waals surface area contributed by atoms with E-state index in [1.165, 1.54) is 11.1 Å². The van der Waals surface area contributed by atoms with E-state index in [1.54, 1.807) is 0 Å². The second kappa shape index (κ2) is 8.74. The van der Waals surface area contributed by atoms with Crippen molar-refractivity contribution < 1.29 is 19.1 Å². The Labute approximate surface area is 176 Å². The van der Waals surface area contributed by atoms with Crippen molar-refractivity contribution in [2.45, 2.75) is 51.9 Å². The van der Waals surface area contributed by atoms with Crippen LogP contribution in [-0.4, -0.2) is 22.7 Å². The molecule has 0 unspecified atom stereocenters. The Bertz CT molecular complexity index is 1050. The lowest BCUT2D eigenvalue weighted by atomic mass is 9.98. The second-order valence-electron chi connectivity index (χ2n) is 7.87. The van der Waals surface area contributed by atoms with Crippen molar-refractivity contribution >= 4 is 5.97 Å². The molecule has 0 bridgehead atoms. The number of carbonyl (C=O) groups is 1. The number of hydrogen-bond acceptors (Lipinski definition) is 4. The van der Waals surface area contributed by atoms with E-state index in [2.05, 4.69) is 30.1 Å². The molecule has 1 aliphatic rings. The molecule has 0 spiro atoms. The standard InChI is InChI=1S/C25H27NO4/c1-3-17-5-4-6-20(13-17)25-26-23(16(2)30-25)11-12-29-21-9-10-22-18(14-21)7-8-19(22)15-24(27)28/h4-6,9-10,13-14,19H,3,7-8,11-12,15H2,1-2H3,(H,27,28)/t19-/m0/s1.